The van der Waals surface area contributed by atoms with E-state index < -0.39 is 2.14 Å². The minimum absolute atomic E-state index is 0.0322. The maximum atomic E-state index is 11.6. The fourth-order valence-electron chi connectivity index (χ4n) is 0.818. The summed E-state index contributed by atoms with van der Waals surface area (Å²) in [5, 5.41) is 9.36. The van der Waals surface area contributed by atoms with E-state index in [9.17, 15) is 9.90 Å². The molecule has 70 valence electrons. The number of carbonyl (C=O) groups is 1. The van der Waals surface area contributed by atoms with Gasteiger partial charge < -0.3 is 5.11 Å². The number of alkyl halides is 3. The zero-order chi connectivity index (χ0) is 10.1. The van der Waals surface area contributed by atoms with Crippen molar-refractivity contribution in [1.29, 1.82) is 0 Å². The molecule has 0 amide bonds. The van der Waals surface area contributed by atoms with E-state index in [1.54, 1.807) is 18.2 Å². The lowest BCUT2D eigenvalue weighted by Gasteiger charge is -2.11. The van der Waals surface area contributed by atoms with Crippen LogP contribution in [0, 0.1) is 0 Å². The minimum atomic E-state index is -1.01. The normalized spacial score (nSPS) is 11.3. The molecule has 0 radical (unpaired) electrons. The second-order valence-electron chi connectivity index (χ2n) is 2.34. The van der Waals surface area contributed by atoms with Crippen molar-refractivity contribution in [2.75, 3.05) is 0 Å². The van der Waals surface area contributed by atoms with Crippen LogP contribution in [0.15, 0.2) is 24.3 Å². The molecule has 0 aromatic heterocycles. The van der Waals surface area contributed by atoms with Gasteiger partial charge in [0.2, 0.25) is 5.78 Å². The van der Waals surface area contributed by atoms with Crippen LogP contribution in [0.4, 0.5) is 0 Å². The quantitative estimate of drug-likeness (QED) is 0.606. The third-order valence-electron chi connectivity index (χ3n) is 1.41. The molecule has 2 nitrogen and oxygen atoms in total. The second kappa shape index (κ2) is 4.11. The molecule has 1 aromatic carbocycles. The van der Waals surface area contributed by atoms with Crippen molar-refractivity contribution in [2.45, 2.75) is 2.14 Å². The summed E-state index contributed by atoms with van der Waals surface area (Å²) in [6.45, 7) is 0. The molecule has 0 spiro atoms. The summed E-state index contributed by atoms with van der Waals surface area (Å²) in [4.78, 5) is 11.6. The summed E-state index contributed by atoms with van der Waals surface area (Å²) >= 11 is 9.26. The van der Waals surface area contributed by atoms with Crippen LogP contribution < -0.4 is 0 Å². The molecule has 0 aliphatic carbocycles. The number of phenols is 1. The van der Waals surface area contributed by atoms with Crippen molar-refractivity contribution < 1.29 is 9.90 Å². The van der Waals surface area contributed by atoms with Crippen molar-refractivity contribution in [1.82, 2.24) is 0 Å². The van der Waals surface area contributed by atoms with E-state index in [-0.39, 0.29) is 17.1 Å². The smallest absolute Gasteiger partial charge is 0.204 e. The van der Waals surface area contributed by atoms with E-state index in [1.807, 2.05) is 0 Å². The molecular weight excluding hydrogens is 368 g/mol. The highest BCUT2D eigenvalue weighted by Crippen LogP contribution is 2.38. The maximum absolute atomic E-state index is 11.6. The van der Waals surface area contributed by atoms with Crippen LogP contribution >= 0.6 is 47.8 Å². The lowest BCUT2D eigenvalue weighted by Crippen LogP contribution is -2.16. The molecule has 13 heavy (non-hydrogen) atoms. The van der Waals surface area contributed by atoms with Gasteiger partial charge in [-0.3, -0.25) is 4.79 Å². The number of ketones is 1. The number of carbonyl (C=O) groups excluding carboxylic acids is 1. The molecule has 0 heterocycles. The number of aromatic hydroxyl groups is 1. The lowest BCUT2D eigenvalue weighted by atomic mass is 10.1. The molecule has 5 heteroatoms. The Bertz CT molecular complexity index is 330. The fourth-order valence-corrected chi connectivity index (χ4v) is 1.46. The number of hydrogen-bond acceptors (Lipinski definition) is 2. The van der Waals surface area contributed by atoms with Gasteiger partial charge in [-0.25, -0.2) is 0 Å². The predicted octanol–water partition coefficient (Wildman–Crippen LogP) is 3.41. The van der Waals surface area contributed by atoms with Crippen molar-refractivity contribution in [3.8, 4) is 5.75 Å². The highest BCUT2D eigenvalue weighted by atomic mass is 80.0. The number of halogens is 3. The average Bonchev–Trinajstić information content (AvgIpc) is 2.02. The van der Waals surface area contributed by atoms with Gasteiger partial charge in [-0.2, -0.15) is 0 Å². The Hall–Kier alpha value is 0.130. The van der Waals surface area contributed by atoms with Gasteiger partial charge in [0, 0.05) is 0 Å². The maximum Gasteiger partial charge on any atom is 0.204 e. The van der Waals surface area contributed by atoms with Gasteiger partial charge in [-0.1, -0.05) is 59.9 Å². The Kier molecular flexibility index (Phi) is 3.54. The Balaban J connectivity index is 3.10. The number of benzene rings is 1. The van der Waals surface area contributed by atoms with Gasteiger partial charge in [-0.05, 0) is 12.1 Å². The van der Waals surface area contributed by atoms with Crippen molar-refractivity contribution in [3.63, 3.8) is 0 Å². The molecule has 0 atom stereocenters. The Morgan fingerprint density at radius 3 is 2.23 bits per heavy atom. The largest absolute Gasteiger partial charge is 0.507 e. The van der Waals surface area contributed by atoms with Gasteiger partial charge in [0.1, 0.15) is 5.75 Å². The molecule has 1 rings (SSSR count). The Morgan fingerprint density at radius 2 is 1.77 bits per heavy atom. The molecule has 1 N–H and O–H groups in total. The van der Waals surface area contributed by atoms with Crippen LogP contribution in [-0.2, 0) is 0 Å². The summed E-state index contributed by atoms with van der Waals surface area (Å²) in [7, 11) is 0. The Morgan fingerprint density at radius 1 is 1.23 bits per heavy atom. The summed E-state index contributed by atoms with van der Waals surface area (Å²) in [6.07, 6.45) is 0. The third kappa shape index (κ3) is 2.79. The SMILES string of the molecule is O=C(c1ccccc1O)C(Br)(Br)Br. The summed E-state index contributed by atoms with van der Waals surface area (Å²) in [5.41, 5.74) is 0.258. The van der Waals surface area contributed by atoms with Gasteiger partial charge >= 0.3 is 0 Å². The average molecular weight is 373 g/mol. The van der Waals surface area contributed by atoms with Crippen molar-refractivity contribution in [3.05, 3.63) is 29.8 Å². The third-order valence-corrected chi connectivity index (χ3v) is 2.49. The second-order valence-corrected chi connectivity index (χ2v) is 9.10. The molecule has 0 aliphatic heterocycles. The fraction of sp³-hybridized carbons (Fsp3) is 0.125. The highest BCUT2D eigenvalue weighted by molar-refractivity contribution is 9.40. The van der Waals surface area contributed by atoms with Gasteiger partial charge in [0.05, 0.1) is 5.56 Å². The lowest BCUT2D eigenvalue weighted by molar-refractivity contribution is 0.100. The molecule has 0 unspecified atom stereocenters. The van der Waals surface area contributed by atoms with Gasteiger partial charge in [0.15, 0.2) is 2.14 Å². The van der Waals surface area contributed by atoms with E-state index in [2.05, 4.69) is 47.8 Å². The first-order valence-electron chi connectivity index (χ1n) is 3.32. The number of rotatable bonds is 1. The van der Waals surface area contributed by atoms with E-state index in [0.717, 1.165) is 0 Å². The molecule has 0 saturated carbocycles. The number of para-hydroxylation sites is 1. The van der Waals surface area contributed by atoms with Crippen LogP contribution in [0.3, 0.4) is 0 Å². The van der Waals surface area contributed by atoms with Crippen LogP contribution in [0.2, 0.25) is 0 Å². The minimum Gasteiger partial charge on any atom is -0.507 e. The zero-order valence-corrected chi connectivity index (χ0v) is 11.1. The molecular formula is C8H5Br3O2. The zero-order valence-electron chi connectivity index (χ0n) is 6.30. The number of phenolic OH excluding ortho intramolecular Hbond substituents is 1. The summed E-state index contributed by atoms with van der Waals surface area (Å²) in [5.74, 6) is -0.319. The molecule has 0 aliphatic rings. The standard InChI is InChI=1S/C8H5Br3O2/c9-8(10,11)7(13)5-3-1-2-4-6(5)12/h1-4,12H. The number of Topliss-reactive ketones (excluding diaryl/α,β-unsaturated/α-hetero) is 1. The van der Waals surface area contributed by atoms with Crippen molar-refractivity contribution in [2.24, 2.45) is 0 Å². The van der Waals surface area contributed by atoms with Crippen LogP contribution in [0.1, 0.15) is 10.4 Å². The predicted molar refractivity (Wildman–Crippen MR) is 61.9 cm³/mol. The number of hydrogen-bond donors (Lipinski definition) is 1. The van der Waals surface area contributed by atoms with Crippen LogP contribution in [0.25, 0.3) is 0 Å². The highest BCUT2D eigenvalue weighted by Gasteiger charge is 2.31. The summed E-state index contributed by atoms with van der Waals surface area (Å²) < 4.78 is -1.01. The molecule has 0 bridgehead atoms. The van der Waals surface area contributed by atoms with Crippen molar-refractivity contribution >= 4 is 53.6 Å². The molecule has 0 fully saturated rings. The molecule has 1 aromatic rings. The summed E-state index contributed by atoms with van der Waals surface area (Å²) in [6, 6.07) is 6.36. The Labute approximate surface area is 101 Å². The van der Waals surface area contributed by atoms with E-state index in [0.29, 0.717) is 0 Å². The first kappa shape index (κ1) is 11.2. The first-order valence-corrected chi connectivity index (χ1v) is 5.70. The van der Waals surface area contributed by atoms with Gasteiger partial charge in [-0.15, -0.1) is 0 Å². The van der Waals surface area contributed by atoms with E-state index in [4.69, 9.17) is 0 Å². The first-order chi connectivity index (χ1) is 5.93. The monoisotopic (exact) mass is 370 g/mol. The topological polar surface area (TPSA) is 37.3 Å². The van der Waals surface area contributed by atoms with E-state index >= 15 is 0 Å². The van der Waals surface area contributed by atoms with Crippen LogP contribution in [0.5, 0.6) is 5.75 Å². The van der Waals surface area contributed by atoms with Gasteiger partial charge in [0.25, 0.3) is 0 Å². The van der Waals surface area contributed by atoms with E-state index in [1.165, 1.54) is 6.07 Å². The van der Waals surface area contributed by atoms with Crippen LogP contribution in [-0.4, -0.2) is 13.0 Å². The molecule has 0 saturated heterocycles.